The number of amides is 1. The summed E-state index contributed by atoms with van der Waals surface area (Å²) in [7, 11) is 2.11. The van der Waals surface area contributed by atoms with Crippen LogP contribution in [0.15, 0.2) is 11.8 Å². The normalized spacial score (nSPS) is 23.0. The summed E-state index contributed by atoms with van der Waals surface area (Å²) < 4.78 is 14.5. The monoisotopic (exact) mass is 364 g/mol. The second-order valence-corrected chi connectivity index (χ2v) is 5.76. The molecular formula is C17H20N2O7. The lowest BCUT2D eigenvalue weighted by molar-refractivity contribution is -0.177. The van der Waals surface area contributed by atoms with Crippen molar-refractivity contribution in [3.63, 3.8) is 0 Å². The summed E-state index contributed by atoms with van der Waals surface area (Å²) in [6.45, 7) is 0.584. The summed E-state index contributed by atoms with van der Waals surface area (Å²) in [6, 6.07) is -0.103. The van der Waals surface area contributed by atoms with Crippen LogP contribution in [0.3, 0.4) is 0 Å². The zero-order chi connectivity index (χ0) is 19.3. The van der Waals surface area contributed by atoms with Gasteiger partial charge in [-0.3, -0.25) is 9.59 Å². The molecule has 0 N–H and O–H groups in total. The van der Waals surface area contributed by atoms with Gasteiger partial charge >= 0.3 is 11.9 Å². The highest BCUT2D eigenvalue weighted by Crippen LogP contribution is 2.24. The molecule has 0 aromatic rings. The van der Waals surface area contributed by atoms with Crippen molar-refractivity contribution in [3.8, 4) is 12.3 Å². The highest BCUT2D eigenvalue weighted by molar-refractivity contribution is 6.46. The molecule has 0 aromatic carbocycles. The molecule has 9 nitrogen and oxygen atoms in total. The molecule has 1 amide bonds. The van der Waals surface area contributed by atoms with Gasteiger partial charge in [0.2, 0.25) is 5.91 Å². The summed E-state index contributed by atoms with van der Waals surface area (Å²) in [5, 5.41) is 0. The quantitative estimate of drug-likeness (QED) is 0.154. The van der Waals surface area contributed by atoms with Gasteiger partial charge in [-0.05, 0) is 6.42 Å². The van der Waals surface area contributed by atoms with Crippen LogP contribution in [0.4, 0.5) is 0 Å². The molecule has 26 heavy (non-hydrogen) atoms. The van der Waals surface area contributed by atoms with Gasteiger partial charge in [0.1, 0.15) is 11.8 Å². The third-order valence-corrected chi connectivity index (χ3v) is 4.17. The lowest BCUT2D eigenvalue weighted by atomic mass is 10.0. The fourth-order valence-corrected chi connectivity index (χ4v) is 2.95. The van der Waals surface area contributed by atoms with Gasteiger partial charge < -0.3 is 24.0 Å². The Bertz CT molecular complexity index is 679. The number of Topliss-reactive ketones (excluding diaryl/α,β-unsaturated/α-hetero) is 1. The Morgan fingerprint density at radius 2 is 2.00 bits per heavy atom. The van der Waals surface area contributed by atoms with Crippen LogP contribution in [0.25, 0.3) is 0 Å². The molecule has 2 heterocycles. The molecule has 2 saturated heterocycles. The number of methoxy groups -OCH3 is 2. The van der Waals surface area contributed by atoms with E-state index in [4.69, 9.17) is 11.2 Å². The molecule has 2 fully saturated rings. The average Bonchev–Trinajstić information content (AvgIpc) is 2.64. The summed E-state index contributed by atoms with van der Waals surface area (Å²) in [4.78, 5) is 50.9. The maximum Gasteiger partial charge on any atom is 0.379 e. The lowest BCUT2D eigenvalue weighted by Gasteiger charge is -2.47. The number of hydrogen-bond acceptors (Lipinski definition) is 8. The fourth-order valence-electron chi connectivity index (χ4n) is 2.95. The number of ether oxygens (including phenoxy) is 3. The highest BCUT2D eigenvalue weighted by atomic mass is 16.5. The van der Waals surface area contributed by atoms with Gasteiger partial charge in [-0.15, -0.1) is 12.3 Å². The Morgan fingerprint density at radius 3 is 2.62 bits per heavy atom. The molecule has 2 aliphatic rings. The number of esters is 2. The van der Waals surface area contributed by atoms with Crippen LogP contribution in [0.5, 0.6) is 0 Å². The topological polar surface area (TPSA) is 102 Å². The van der Waals surface area contributed by atoms with E-state index >= 15 is 0 Å². The van der Waals surface area contributed by atoms with Gasteiger partial charge in [0, 0.05) is 18.7 Å². The first kappa shape index (κ1) is 19.5. The van der Waals surface area contributed by atoms with Gasteiger partial charge in [0.15, 0.2) is 0 Å². The smallest absolute Gasteiger partial charge is 0.379 e. The third-order valence-electron chi connectivity index (χ3n) is 4.17. The van der Waals surface area contributed by atoms with E-state index in [1.807, 2.05) is 0 Å². The third kappa shape index (κ3) is 4.03. The molecule has 2 aliphatic heterocycles. The summed E-state index contributed by atoms with van der Waals surface area (Å²) in [5.41, 5.74) is -0.517. The molecule has 140 valence electrons. The van der Waals surface area contributed by atoms with Crippen molar-refractivity contribution in [2.24, 2.45) is 0 Å². The molecule has 0 aromatic heterocycles. The standard InChI is InChI=1S/C17H20N2O7/c1-4-5-11-6-7-26-14-10-18(9-13(20)19(11)14)8-12(16(22)24-2)15(21)17(23)25-3/h1,8,11,14H,5-7,9-10H2,2-3H3/b12-8+. The van der Waals surface area contributed by atoms with Crippen LogP contribution in [0.2, 0.25) is 0 Å². The van der Waals surface area contributed by atoms with Gasteiger partial charge in [0.25, 0.3) is 5.78 Å². The van der Waals surface area contributed by atoms with Crippen LogP contribution in [-0.2, 0) is 33.4 Å². The number of nitrogens with zero attached hydrogens (tertiary/aromatic N) is 2. The zero-order valence-electron chi connectivity index (χ0n) is 14.6. The SMILES string of the molecule is C#CCC1CCOC2CN(/C=C(/C(=O)OC)C(=O)C(=O)OC)CC(=O)N12. The van der Waals surface area contributed by atoms with E-state index in [-0.39, 0.29) is 25.0 Å². The average molecular weight is 364 g/mol. The Kier molecular flexibility index (Phi) is 6.36. The second-order valence-electron chi connectivity index (χ2n) is 5.76. The molecule has 0 bridgehead atoms. The number of terminal acetylenes is 1. The number of carbonyl (C=O) groups is 4. The summed E-state index contributed by atoms with van der Waals surface area (Å²) in [5.74, 6) is -1.03. The molecule has 9 heteroatoms. The van der Waals surface area contributed by atoms with Crippen molar-refractivity contribution < 1.29 is 33.4 Å². The number of rotatable bonds is 5. The van der Waals surface area contributed by atoms with Gasteiger partial charge in [-0.1, -0.05) is 0 Å². The minimum absolute atomic E-state index is 0.0874. The maximum absolute atomic E-state index is 12.5. The molecule has 0 spiro atoms. The van der Waals surface area contributed by atoms with Crippen LogP contribution in [0, 0.1) is 12.3 Å². The van der Waals surface area contributed by atoms with E-state index in [2.05, 4.69) is 15.4 Å². The first-order valence-electron chi connectivity index (χ1n) is 7.96. The lowest BCUT2D eigenvalue weighted by Crippen LogP contribution is -2.62. The van der Waals surface area contributed by atoms with Crippen LogP contribution < -0.4 is 0 Å². The number of fused-ring (bicyclic) bond motifs is 1. The highest BCUT2D eigenvalue weighted by Gasteiger charge is 2.40. The van der Waals surface area contributed by atoms with E-state index in [1.165, 1.54) is 4.90 Å². The molecule has 2 unspecified atom stereocenters. The number of carbonyl (C=O) groups excluding carboxylic acids is 4. The number of ketones is 1. The van der Waals surface area contributed by atoms with Gasteiger partial charge in [-0.25, -0.2) is 9.59 Å². The largest absolute Gasteiger partial charge is 0.465 e. The zero-order valence-corrected chi connectivity index (χ0v) is 14.6. The second kappa shape index (κ2) is 8.49. The molecule has 0 radical (unpaired) electrons. The van der Waals surface area contributed by atoms with Crippen LogP contribution in [0.1, 0.15) is 12.8 Å². The van der Waals surface area contributed by atoms with E-state index < -0.39 is 29.5 Å². The Labute approximate surface area is 150 Å². The van der Waals surface area contributed by atoms with E-state index in [0.717, 1.165) is 20.4 Å². The van der Waals surface area contributed by atoms with Crippen LogP contribution >= 0.6 is 0 Å². The van der Waals surface area contributed by atoms with Crippen molar-refractivity contribution in [2.45, 2.75) is 25.1 Å². The van der Waals surface area contributed by atoms with Gasteiger partial charge in [0.05, 0.1) is 33.9 Å². The minimum Gasteiger partial charge on any atom is -0.465 e. The number of piperazine rings is 1. The van der Waals surface area contributed by atoms with Gasteiger partial charge in [-0.2, -0.15) is 0 Å². The molecular weight excluding hydrogens is 344 g/mol. The summed E-state index contributed by atoms with van der Waals surface area (Å²) >= 11 is 0. The van der Waals surface area contributed by atoms with Crippen molar-refractivity contribution in [1.82, 2.24) is 9.80 Å². The van der Waals surface area contributed by atoms with E-state index in [0.29, 0.717) is 19.4 Å². The van der Waals surface area contributed by atoms with Crippen molar-refractivity contribution >= 4 is 23.6 Å². The Hall–Kier alpha value is -2.86. The predicted octanol–water partition coefficient (Wildman–Crippen LogP) is -0.932. The molecule has 0 saturated carbocycles. The van der Waals surface area contributed by atoms with E-state index in [9.17, 15) is 19.2 Å². The fraction of sp³-hybridized carbons (Fsp3) is 0.529. The van der Waals surface area contributed by atoms with E-state index in [1.54, 1.807) is 4.90 Å². The first-order valence-corrected chi connectivity index (χ1v) is 7.96. The summed E-state index contributed by atoms with van der Waals surface area (Å²) in [6.07, 6.45) is 7.02. The molecule has 2 rings (SSSR count). The van der Waals surface area contributed by atoms with Crippen LogP contribution in [-0.4, -0.2) is 79.6 Å². The van der Waals surface area contributed by atoms with Crippen molar-refractivity contribution in [2.75, 3.05) is 33.9 Å². The Balaban J connectivity index is 2.23. The minimum atomic E-state index is -1.20. The first-order chi connectivity index (χ1) is 12.4. The van der Waals surface area contributed by atoms with Crippen molar-refractivity contribution in [3.05, 3.63) is 11.8 Å². The van der Waals surface area contributed by atoms with Crippen molar-refractivity contribution in [1.29, 1.82) is 0 Å². The Morgan fingerprint density at radius 1 is 1.31 bits per heavy atom. The molecule has 0 aliphatic carbocycles. The predicted molar refractivity (Wildman–Crippen MR) is 87.1 cm³/mol. The molecule has 2 atom stereocenters. The number of hydrogen-bond donors (Lipinski definition) is 0. The maximum atomic E-state index is 12.5.